The van der Waals surface area contributed by atoms with Crippen LogP contribution in [0.2, 0.25) is 0 Å². The Labute approximate surface area is 84.3 Å². The molecule has 1 aromatic rings. The highest BCUT2D eigenvalue weighted by molar-refractivity contribution is 5.33. The van der Waals surface area contributed by atoms with Gasteiger partial charge in [0, 0.05) is 6.42 Å². The molecule has 72 valence electrons. The van der Waals surface area contributed by atoms with Gasteiger partial charge in [-0.05, 0) is 23.1 Å². The molecule has 1 aliphatic rings. The lowest BCUT2D eigenvalue weighted by Crippen LogP contribution is -2.10. The van der Waals surface area contributed by atoms with Gasteiger partial charge in [0.2, 0.25) is 6.54 Å². The zero-order valence-corrected chi connectivity index (χ0v) is 8.12. The van der Waals surface area contributed by atoms with E-state index in [-0.39, 0.29) is 0 Å². The zero-order chi connectivity index (χ0) is 9.80. The molecule has 2 heteroatoms. The topological polar surface area (TPSA) is 13.6 Å². The largest absolute Gasteiger partial charge is 0.376 e. The summed E-state index contributed by atoms with van der Waals surface area (Å²) in [6, 6.07) is 6.47. The third-order valence-corrected chi connectivity index (χ3v) is 2.56. The van der Waals surface area contributed by atoms with Crippen LogP contribution in [0.1, 0.15) is 16.7 Å². The number of ether oxygens (including phenoxy) is 1. The SMILES string of the molecule is [C-]#[N+]CCc1ccc2c(c1)CCOC2. The van der Waals surface area contributed by atoms with Gasteiger partial charge in [0.15, 0.2) is 0 Å². The van der Waals surface area contributed by atoms with Crippen LogP contribution >= 0.6 is 0 Å². The maximum Gasteiger partial charge on any atom is 0.218 e. The molecule has 0 atom stereocenters. The monoisotopic (exact) mass is 187 g/mol. The Hall–Kier alpha value is -1.33. The van der Waals surface area contributed by atoms with Crippen molar-refractivity contribution in [2.75, 3.05) is 13.2 Å². The van der Waals surface area contributed by atoms with Gasteiger partial charge in [-0.25, -0.2) is 6.57 Å². The predicted octanol–water partition coefficient (Wildman–Crippen LogP) is 2.22. The fraction of sp³-hybridized carbons (Fsp3) is 0.417. The maximum absolute atomic E-state index is 6.75. The van der Waals surface area contributed by atoms with E-state index in [1.54, 1.807) is 0 Å². The van der Waals surface area contributed by atoms with Crippen LogP contribution in [0.5, 0.6) is 0 Å². The molecule has 0 fully saturated rings. The fourth-order valence-corrected chi connectivity index (χ4v) is 1.76. The molecular weight excluding hydrogens is 174 g/mol. The Morgan fingerprint density at radius 2 is 2.29 bits per heavy atom. The summed E-state index contributed by atoms with van der Waals surface area (Å²) in [5, 5.41) is 0. The number of hydrogen-bond acceptors (Lipinski definition) is 1. The summed E-state index contributed by atoms with van der Waals surface area (Å²) in [7, 11) is 0. The third kappa shape index (κ3) is 1.94. The summed E-state index contributed by atoms with van der Waals surface area (Å²) < 4.78 is 5.37. The van der Waals surface area contributed by atoms with Crippen LogP contribution in [0.15, 0.2) is 18.2 Å². The first-order valence-corrected chi connectivity index (χ1v) is 4.92. The Morgan fingerprint density at radius 3 is 3.14 bits per heavy atom. The number of fused-ring (bicyclic) bond motifs is 1. The molecule has 0 aromatic heterocycles. The minimum absolute atomic E-state index is 0.593. The van der Waals surface area contributed by atoms with Gasteiger partial charge < -0.3 is 9.58 Å². The third-order valence-electron chi connectivity index (χ3n) is 2.56. The van der Waals surface area contributed by atoms with Crippen LogP contribution in [-0.2, 0) is 24.2 Å². The highest BCUT2D eigenvalue weighted by atomic mass is 16.5. The molecule has 0 N–H and O–H groups in total. The van der Waals surface area contributed by atoms with Crippen molar-refractivity contribution in [1.82, 2.24) is 0 Å². The second kappa shape index (κ2) is 4.26. The number of hydrogen-bond donors (Lipinski definition) is 0. The summed E-state index contributed by atoms with van der Waals surface area (Å²) in [5.41, 5.74) is 3.99. The number of benzene rings is 1. The quantitative estimate of drug-likeness (QED) is 0.647. The average molecular weight is 187 g/mol. The Morgan fingerprint density at radius 1 is 1.36 bits per heavy atom. The van der Waals surface area contributed by atoms with Crippen molar-refractivity contribution >= 4 is 0 Å². The van der Waals surface area contributed by atoms with Crippen molar-refractivity contribution < 1.29 is 4.74 Å². The highest BCUT2D eigenvalue weighted by Crippen LogP contribution is 2.18. The molecule has 0 aliphatic carbocycles. The van der Waals surface area contributed by atoms with Gasteiger partial charge in [0.05, 0.1) is 13.2 Å². The van der Waals surface area contributed by atoms with Gasteiger partial charge in [-0.3, -0.25) is 0 Å². The molecule has 1 aliphatic heterocycles. The molecule has 0 unspecified atom stereocenters. The minimum atomic E-state index is 0.593. The molecule has 0 saturated heterocycles. The van der Waals surface area contributed by atoms with Crippen LogP contribution in [0.25, 0.3) is 4.85 Å². The molecular formula is C12H13NO. The number of nitrogens with zero attached hydrogens (tertiary/aromatic N) is 1. The average Bonchev–Trinajstić information content (AvgIpc) is 2.26. The van der Waals surface area contributed by atoms with Crippen molar-refractivity contribution in [3.63, 3.8) is 0 Å². The predicted molar refractivity (Wildman–Crippen MR) is 55.0 cm³/mol. The zero-order valence-electron chi connectivity index (χ0n) is 8.12. The lowest BCUT2D eigenvalue weighted by Gasteiger charge is -2.16. The van der Waals surface area contributed by atoms with E-state index in [9.17, 15) is 0 Å². The molecule has 0 spiro atoms. The van der Waals surface area contributed by atoms with Crippen LogP contribution in [0, 0.1) is 6.57 Å². The summed E-state index contributed by atoms with van der Waals surface area (Å²) in [5.74, 6) is 0. The second-order valence-corrected chi connectivity index (χ2v) is 3.54. The normalized spacial score (nSPS) is 14.5. The standard InChI is InChI=1S/C12H13NO/c1-13-6-4-10-2-3-12-9-14-7-5-11(12)8-10/h2-3,8H,4-7,9H2. The summed E-state index contributed by atoms with van der Waals surface area (Å²) in [6.45, 7) is 8.92. The van der Waals surface area contributed by atoms with Crippen molar-refractivity contribution in [1.29, 1.82) is 0 Å². The number of rotatable bonds is 2. The molecule has 1 aromatic carbocycles. The lowest BCUT2D eigenvalue weighted by molar-refractivity contribution is 0.110. The van der Waals surface area contributed by atoms with Crippen molar-refractivity contribution in [3.05, 3.63) is 46.3 Å². The first kappa shape index (κ1) is 9.23. The van der Waals surface area contributed by atoms with Crippen molar-refractivity contribution in [2.24, 2.45) is 0 Å². The summed E-state index contributed by atoms with van der Waals surface area (Å²) >= 11 is 0. The van der Waals surface area contributed by atoms with Gasteiger partial charge in [-0.15, -0.1) is 0 Å². The Kier molecular flexibility index (Phi) is 2.81. The van der Waals surface area contributed by atoms with Crippen LogP contribution in [0.3, 0.4) is 0 Å². The second-order valence-electron chi connectivity index (χ2n) is 3.54. The first-order valence-electron chi connectivity index (χ1n) is 4.92. The van der Waals surface area contributed by atoms with E-state index in [1.807, 2.05) is 0 Å². The summed E-state index contributed by atoms with van der Waals surface area (Å²) in [6.07, 6.45) is 1.89. The first-order chi connectivity index (χ1) is 6.90. The minimum Gasteiger partial charge on any atom is -0.376 e. The molecule has 1 heterocycles. The molecule has 0 amide bonds. The molecule has 0 saturated carbocycles. The molecule has 0 bridgehead atoms. The van der Waals surface area contributed by atoms with Gasteiger partial charge in [0.25, 0.3) is 0 Å². The van der Waals surface area contributed by atoms with Crippen molar-refractivity contribution in [2.45, 2.75) is 19.4 Å². The summed E-state index contributed by atoms with van der Waals surface area (Å²) in [4.78, 5) is 3.37. The molecule has 2 rings (SSSR count). The van der Waals surface area contributed by atoms with Crippen LogP contribution < -0.4 is 0 Å². The van der Waals surface area contributed by atoms with E-state index >= 15 is 0 Å². The highest BCUT2D eigenvalue weighted by Gasteiger charge is 2.09. The lowest BCUT2D eigenvalue weighted by atomic mass is 9.99. The maximum atomic E-state index is 6.75. The van der Waals surface area contributed by atoms with Gasteiger partial charge in [-0.1, -0.05) is 18.2 Å². The molecule has 14 heavy (non-hydrogen) atoms. The van der Waals surface area contributed by atoms with Crippen molar-refractivity contribution in [3.8, 4) is 0 Å². The Bertz CT molecular complexity index is 365. The fourth-order valence-electron chi connectivity index (χ4n) is 1.76. The van der Waals surface area contributed by atoms with E-state index in [4.69, 9.17) is 11.3 Å². The van der Waals surface area contributed by atoms with Crippen LogP contribution in [0.4, 0.5) is 0 Å². The van der Waals surface area contributed by atoms with Gasteiger partial charge in [0.1, 0.15) is 0 Å². The van der Waals surface area contributed by atoms with Gasteiger partial charge in [-0.2, -0.15) is 0 Å². The van der Waals surface area contributed by atoms with E-state index in [1.165, 1.54) is 16.7 Å². The van der Waals surface area contributed by atoms with Gasteiger partial charge >= 0.3 is 0 Å². The molecule has 2 nitrogen and oxygen atoms in total. The molecule has 0 radical (unpaired) electrons. The van der Waals surface area contributed by atoms with Crippen LogP contribution in [-0.4, -0.2) is 13.2 Å². The van der Waals surface area contributed by atoms with E-state index < -0.39 is 0 Å². The Balaban J connectivity index is 2.17. The smallest absolute Gasteiger partial charge is 0.218 e. The van der Waals surface area contributed by atoms with E-state index in [0.717, 1.165) is 26.1 Å². The van der Waals surface area contributed by atoms with E-state index in [2.05, 4.69) is 23.0 Å². The van der Waals surface area contributed by atoms with E-state index in [0.29, 0.717) is 6.54 Å².